The highest BCUT2D eigenvalue weighted by Gasteiger charge is 2.15. The smallest absolute Gasteiger partial charge is 0.414 e. The summed E-state index contributed by atoms with van der Waals surface area (Å²) in [4.78, 5) is 30.5. The third-order valence-electron chi connectivity index (χ3n) is 4.34. The van der Waals surface area contributed by atoms with E-state index in [9.17, 15) is 13.2 Å². The Hall–Kier alpha value is -3.68. The zero-order valence-electron chi connectivity index (χ0n) is 17.5. The molecule has 178 valence electrons. The molecule has 6 N–H and O–H groups in total. The van der Waals surface area contributed by atoms with Crippen LogP contribution in [0.15, 0.2) is 47.4 Å². The number of hydrogen-bond acceptors (Lipinski definition) is 8. The molecular formula is C20H23N3O9S. The molecule has 0 aliphatic carbocycles. The van der Waals surface area contributed by atoms with Gasteiger partial charge in [-0.25, -0.2) is 23.1 Å². The van der Waals surface area contributed by atoms with Gasteiger partial charge in [-0.1, -0.05) is 18.2 Å². The molecule has 2 aromatic rings. The molecule has 0 spiro atoms. The molecule has 1 amide bonds. The number of amides is 1. The van der Waals surface area contributed by atoms with Crippen molar-refractivity contribution < 1.29 is 42.5 Å². The van der Waals surface area contributed by atoms with Crippen molar-refractivity contribution in [2.24, 2.45) is 5.14 Å². The second kappa shape index (κ2) is 11.3. The summed E-state index contributed by atoms with van der Waals surface area (Å²) in [6.07, 6.45) is 0. The predicted molar refractivity (Wildman–Crippen MR) is 114 cm³/mol. The van der Waals surface area contributed by atoms with Crippen LogP contribution in [0.25, 0.3) is 0 Å². The highest BCUT2D eigenvalue weighted by atomic mass is 32.2. The molecule has 33 heavy (non-hydrogen) atoms. The predicted octanol–water partition coefficient (Wildman–Crippen LogP) is 0.0128. The van der Waals surface area contributed by atoms with Gasteiger partial charge in [0.15, 0.2) is 11.5 Å². The average molecular weight is 481 g/mol. The molecule has 0 saturated heterocycles. The Morgan fingerprint density at radius 2 is 1.55 bits per heavy atom. The van der Waals surface area contributed by atoms with Crippen LogP contribution in [0, 0.1) is 0 Å². The molecule has 0 saturated carbocycles. The Balaban J connectivity index is 0.000000569. The first kappa shape index (κ1) is 25.6. The molecule has 1 aliphatic heterocycles. The number of hydrogen-bond donors (Lipinski definition) is 5. The van der Waals surface area contributed by atoms with Crippen LogP contribution in [0.3, 0.4) is 0 Å². The summed E-state index contributed by atoms with van der Waals surface area (Å²) in [5, 5.41) is 25.8. The number of nitrogens with two attached hydrogens (primary N) is 1. The Labute approximate surface area is 189 Å². The van der Waals surface area contributed by atoms with Crippen molar-refractivity contribution >= 4 is 27.9 Å². The van der Waals surface area contributed by atoms with Crippen molar-refractivity contribution in [2.75, 3.05) is 6.79 Å². The van der Waals surface area contributed by atoms with Crippen LogP contribution in [-0.2, 0) is 37.5 Å². The highest BCUT2D eigenvalue weighted by Crippen LogP contribution is 2.32. The van der Waals surface area contributed by atoms with Gasteiger partial charge in [0.25, 0.3) is 0 Å². The number of aliphatic carboxylic acids is 2. The second-order valence-electron chi connectivity index (χ2n) is 6.81. The summed E-state index contributed by atoms with van der Waals surface area (Å²) in [7, 11) is -3.70. The third-order valence-corrected chi connectivity index (χ3v) is 5.27. The second-order valence-corrected chi connectivity index (χ2v) is 8.37. The molecule has 1 unspecified atom stereocenters. The summed E-state index contributed by atoms with van der Waals surface area (Å²) in [5.41, 5.74) is 1.76. The molecule has 12 nitrogen and oxygen atoms in total. The molecule has 0 aromatic heterocycles. The van der Waals surface area contributed by atoms with Gasteiger partial charge < -0.3 is 30.3 Å². The van der Waals surface area contributed by atoms with E-state index in [0.29, 0.717) is 24.6 Å². The first-order valence-electron chi connectivity index (χ1n) is 9.45. The SMILES string of the molecule is CC(NCc1ccc(S(N)(=O)=O)cc1)C(=O)NCc1ccc2c(c1)OCO2.O=C(O)C(=O)O. The molecule has 0 fully saturated rings. The van der Waals surface area contributed by atoms with Crippen LogP contribution >= 0.6 is 0 Å². The van der Waals surface area contributed by atoms with Crippen molar-refractivity contribution in [2.45, 2.75) is 31.0 Å². The fraction of sp³-hybridized carbons (Fsp3) is 0.250. The van der Waals surface area contributed by atoms with E-state index in [1.807, 2.05) is 18.2 Å². The molecule has 1 atom stereocenters. The van der Waals surface area contributed by atoms with E-state index < -0.39 is 28.0 Å². The lowest BCUT2D eigenvalue weighted by Gasteiger charge is -2.14. The summed E-state index contributed by atoms with van der Waals surface area (Å²) in [6.45, 7) is 2.77. The van der Waals surface area contributed by atoms with Crippen LogP contribution in [0.5, 0.6) is 11.5 Å². The minimum absolute atomic E-state index is 0.0563. The number of rotatable bonds is 7. The van der Waals surface area contributed by atoms with Gasteiger partial charge in [0.2, 0.25) is 22.7 Å². The topological polar surface area (TPSA) is 194 Å². The van der Waals surface area contributed by atoms with Gasteiger partial charge in [0.05, 0.1) is 10.9 Å². The highest BCUT2D eigenvalue weighted by molar-refractivity contribution is 7.89. The lowest BCUT2D eigenvalue weighted by Crippen LogP contribution is -2.41. The van der Waals surface area contributed by atoms with Crippen molar-refractivity contribution in [3.05, 3.63) is 53.6 Å². The molecule has 2 aromatic carbocycles. The van der Waals surface area contributed by atoms with E-state index in [1.54, 1.807) is 19.1 Å². The maximum Gasteiger partial charge on any atom is 0.414 e. The van der Waals surface area contributed by atoms with Crippen molar-refractivity contribution in [3.63, 3.8) is 0 Å². The Morgan fingerprint density at radius 1 is 0.970 bits per heavy atom. The number of primary sulfonamides is 1. The summed E-state index contributed by atoms with van der Waals surface area (Å²) < 4.78 is 33.1. The average Bonchev–Trinajstić information content (AvgIpc) is 3.23. The van der Waals surface area contributed by atoms with Gasteiger partial charge in [-0.05, 0) is 42.3 Å². The zero-order chi connectivity index (χ0) is 24.6. The quantitative estimate of drug-likeness (QED) is 0.336. The molecule has 1 heterocycles. The standard InChI is InChI=1S/C18H21N3O5S.C2H2O4/c1-12(20-9-13-2-5-15(6-3-13)27(19,23)24)18(22)21-10-14-4-7-16-17(8-14)26-11-25-16;3-1(4)2(5)6/h2-8,12,20H,9-11H2,1H3,(H,21,22)(H2,19,23,24);(H,3,4)(H,5,6). The van der Waals surface area contributed by atoms with Crippen LogP contribution in [-0.4, -0.2) is 49.3 Å². The van der Waals surface area contributed by atoms with Crippen molar-refractivity contribution in [3.8, 4) is 11.5 Å². The number of carboxylic acid groups (broad SMARTS) is 2. The fourth-order valence-corrected chi connectivity index (χ4v) is 3.07. The van der Waals surface area contributed by atoms with Gasteiger partial charge in [-0.3, -0.25) is 4.79 Å². The third kappa shape index (κ3) is 8.07. The van der Waals surface area contributed by atoms with Gasteiger partial charge in [-0.2, -0.15) is 0 Å². The van der Waals surface area contributed by atoms with Crippen LogP contribution < -0.4 is 25.2 Å². The van der Waals surface area contributed by atoms with Gasteiger partial charge in [0.1, 0.15) is 0 Å². The lowest BCUT2D eigenvalue weighted by molar-refractivity contribution is -0.159. The number of sulfonamides is 1. The summed E-state index contributed by atoms with van der Waals surface area (Å²) in [5.74, 6) is -2.41. The van der Waals surface area contributed by atoms with Crippen LogP contribution in [0.4, 0.5) is 0 Å². The van der Waals surface area contributed by atoms with Gasteiger partial charge in [-0.15, -0.1) is 0 Å². The number of fused-ring (bicyclic) bond motifs is 1. The molecule has 1 aliphatic rings. The Bertz CT molecular complexity index is 1110. The maximum atomic E-state index is 12.2. The molecule has 0 radical (unpaired) electrons. The number of benzene rings is 2. The maximum absolute atomic E-state index is 12.2. The molecule has 3 rings (SSSR count). The van der Waals surface area contributed by atoms with E-state index in [-0.39, 0.29) is 17.6 Å². The first-order chi connectivity index (χ1) is 15.5. The molecule has 13 heteroatoms. The number of nitrogens with one attached hydrogen (secondary N) is 2. The Morgan fingerprint density at radius 3 is 2.12 bits per heavy atom. The molecule has 0 bridgehead atoms. The largest absolute Gasteiger partial charge is 0.473 e. The first-order valence-corrected chi connectivity index (χ1v) is 11.0. The van der Waals surface area contributed by atoms with E-state index in [0.717, 1.165) is 11.1 Å². The number of carboxylic acids is 2. The minimum Gasteiger partial charge on any atom is -0.473 e. The fourth-order valence-electron chi connectivity index (χ4n) is 2.55. The van der Waals surface area contributed by atoms with E-state index in [2.05, 4.69) is 10.6 Å². The monoisotopic (exact) mass is 481 g/mol. The normalized spacial score (nSPS) is 12.8. The van der Waals surface area contributed by atoms with E-state index >= 15 is 0 Å². The minimum atomic E-state index is -3.70. The summed E-state index contributed by atoms with van der Waals surface area (Å²) >= 11 is 0. The zero-order valence-corrected chi connectivity index (χ0v) is 18.3. The van der Waals surface area contributed by atoms with Crippen LogP contribution in [0.2, 0.25) is 0 Å². The number of carbonyl (C=O) groups excluding carboxylic acids is 1. The lowest BCUT2D eigenvalue weighted by atomic mass is 10.2. The summed E-state index contributed by atoms with van der Waals surface area (Å²) in [6, 6.07) is 11.3. The number of carbonyl (C=O) groups is 3. The Kier molecular flexibility index (Phi) is 8.73. The molecular weight excluding hydrogens is 458 g/mol. The van der Waals surface area contributed by atoms with E-state index in [1.165, 1.54) is 12.1 Å². The van der Waals surface area contributed by atoms with Crippen LogP contribution in [0.1, 0.15) is 18.1 Å². The van der Waals surface area contributed by atoms with Crippen molar-refractivity contribution in [1.82, 2.24) is 10.6 Å². The number of ether oxygens (including phenoxy) is 2. The van der Waals surface area contributed by atoms with Crippen molar-refractivity contribution in [1.29, 1.82) is 0 Å². The van der Waals surface area contributed by atoms with Gasteiger partial charge >= 0.3 is 11.9 Å². The van der Waals surface area contributed by atoms with Gasteiger partial charge in [0, 0.05) is 13.1 Å². The van der Waals surface area contributed by atoms with E-state index in [4.69, 9.17) is 34.4 Å².